The molecule has 0 radical (unpaired) electrons. The highest BCUT2D eigenvalue weighted by atomic mass is 32.2. The molecule has 2 aromatic carbocycles. The fourth-order valence-corrected chi connectivity index (χ4v) is 3.05. The average molecular weight is 396 g/mol. The van der Waals surface area contributed by atoms with Gasteiger partial charge in [0.2, 0.25) is 10.0 Å². The van der Waals surface area contributed by atoms with Crippen LogP contribution in [0.1, 0.15) is 15.9 Å². The summed E-state index contributed by atoms with van der Waals surface area (Å²) in [5.41, 5.74) is 2.16. The lowest BCUT2D eigenvalue weighted by Crippen LogP contribution is -2.13. The summed E-state index contributed by atoms with van der Waals surface area (Å²) < 4.78 is 22.5. The molecule has 8 heteroatoms. The maximum atomic E-state index is 12.2. The Labute approximate surface area is 163 Å². The topological polar surface area (TPSA) is 114 Å². The Bertz CT molecular complexity index is 1040. The van der Waals surface area contributed by atoms with Crippen LogP contribution in [-0.2, 0) is 16.4 Å². The molecule has 0 saturated heterocycles. The second-order valence-electron chi connectivity index (χ2n) is 6.12. The number of hydrogen-bond donors (Lipinski definition) is 3. The Morgan fingerprint density at radius 3 is 2.29 bits per heavy atom. The zero-order chi connectivity index (χ0) is 20.0. The molecule has 0 aliphatic carbocycles. The number of nitrogens with two attached hydrogens (primary N) is 1. The van der Waals surface area contributed by atoms with Gasteiger partial charge in [-0.05, 0) is 48.4 Å². The Morgan fingerprint density at radius 2 is 1.68 bits per heavy atom. The molecule has 7 nitrogen and oxygen atoms in total. The molecule has 1 heterocycles. The van der Waals surface area contributed by atoms with Crippen molar-refractivity contribution in [3.63, 3.8) is 0 Å². The highest BCUT2D eigenvalue weighted by molar-refractivity contribution is 7.89. The Balaban J connectivity index is 1.51. The van der Waals surface area contributed by atoms with Crippen LogP contribution in [0.4, 0.5) is 11.5 Å². The van der Waals surface area contributed by atoms with Crippen molar-refractivity contribution >= 4 is 27.4 Å². The van der Waals surface area contributed by atoms with Gasteiger partial charge in [-0.1, -0.05) is 30.3 Å². The van der Waals surface area contributed by atoms with Gasteiger partial charge in [0.15, 0.2) is 0 Å². The van der Waals surface area contributed by atoms with Crippen molar-refractivity contribution in [1.82, 2.24) is 4.98 Å². The van der Waals surface area contributed by atoms with E-state index in [4.69, 9.17) is 5.14 Å². The smallest absolute Gasteiger partial charge is 0.257 e. The standard InChI is InChI=1S/C20H20N4O3S/c21-28(26,27)18-9-6-15(7-10-18)12-13-22-19-11-8-16(14-23-19)20(25)24-17-4-2-1-3-5-17/h1-11,14H,12-13H2,(H,22,23)(H,24,25)(H2,21,26,27). The molecule has 0 fully saturated rings. The van der Waals surface area contributed by atoms with E-state index in [1.54, 1.807) is 24.3 Å². The minimum atomic E-state index is -3.67. The molecule has 144 valence electrons. The molecule has 28 heavy (non-hydrogen) atoms. The SMILES string of the molecule is NS(=O)(=O)c1ccc(CCNc2ccc(C(=O)Nc3ccccc3)cn2)cc1. The van der Waals surface area contributed by atoms with Crippen LogP contribution in [0.15, 0.2) is 77.8 Å². The molecule has 0 saturated carbocycles. The molecule has 0 aliphatic rings. The maximum absolute atomic E-state index is 12.2. The number of carbonyl (C=O) groups is 1. The first kappa shape index (κ1) is 19.5. The first-order chi connectivity index (χ1) is 13.4. The lowest BCUT2D eigenvalue weighted by Gasteiger charge is -2.08. The number of aromatic nitrogens is 1. The van der Waals surface area contributed by atoms with Gasteiger partial charge in [0.05, 0.1) is 10.5 Å². The zero-order valence-electron chi connectivity index (χ0n) is 15.0. The Kier molecular flexibility index (Phi) is 6.03. The summed E-state index contributed by atoms with van der Waals surface area (Å²) in [6.45, 7) is 0.608. The second kappa shape index (κ2) is 8.64. The van der Waals surface area contributed by atoms with Gasteiger partial charge < -0.3 is 10.6 Å². The van der Waals surface area contributed by atoms with Gasteiger partial charge in [-0.15, -0.1) is 0 Å². The quantitative estimate of drug-likeness (QED) is 0.568. The van der Waals surface area contributed by atoms with E-state index in [9.17, 15) is 13.2 Å². The number of carbonyl (C=O) groups excluding carboxylic acids is 1. The van der Waals surface area contributed by atoms with Crippen molar-refractivity contribution in [3.05, 3.63) is 84.1 Å². The molecule has 0 bridgehead atoms. The third-order valence-corrected chi connectivity index (χ3v) is 4.96. The summed E-state index contributed by atoms with van der Waals surface area (Å²) in [6, 6.07) is 19.1. The van der Waals surface area contributed by atoms with Crippen molar-refractivity contribution in [2.24, 2.45) is 5.14 Å². The van der Waals surface area contributed by atoms with Crippen LogP contribution < -0.4 is 15.8 Å². The molecular formula is C20H20N4O3S. The number of para-hydroxylation sites is 1. The van der Waals surface area contributed by atoms with Crippen molar-refractivity contribution in [1.29, 1.82) is 0 Å². The highest BCUT2D eigenvalue weighted by Crippen LogP contribution is 2.12. The predicted octanol–water partition coefficient (Wildman–Crippen LogP) is 2.64. The number of pyridine rings is 1. The van der Waals surface area contributed by atoms with Crippen molar-refractivity contribution < 1.29 is 13.2 Å². The van der Waals surface area contributed by atoms with E-state index in [1.165, 1.54) is 18.3 Å². The summed E-state index contributed by atoms with van der Waals surface area (Å²) in [4.78, 5) is 16.5. The third-order valence-electron chi connectivity index (χ3n) is 4.03. The zero-order valence-corrected chi connectivity index (χ0v) is 15.8. The van der Waals surface area contributed by atoms with Crippen molar-refractivity contribution in [2.75, 3.05) is 17.2 Å². The van der Waals surface area contributed by atoms with E-state index in [-0.39, 0.29) is 10.8 Å². The van der Waals surface area contributed by atoms with E-state index >= 15 is 0 Å². The number of primary sulfonamides is 1. The number of anilines is 2. The van der Waals surface area contributed by atoms with Crippen LogP contribution in [-0.4, -0.2) is 25.9 Å². The molecule has 1 aromatic heterocycles. The Hall–Kier alpha value is -3.23. The minimum absolute atomic E-state index is 0.0928. The largest absolute Gasteiger partial charge is 0.370 e. The molecule has 0 unspecified atom stereocenters. The molecular weight excluding hydrogens is 376 g/mol. The van der Waals surface area contributed by atoms with Crippen LogP contribution in [0.2, 0.25) is 0 Å². The Morgan fingerprint density at radius 1 is 0.964 bits per heavy atom. The van der Waals surface area contributed by atoms with Gasteiger partial charge in [0.1, 0.15) is 5.82 Å². The summed E-state index contributed by atoms with van der Waals surface area (Å²) in [7, 11) is -3.67. The summed E-state index contributed by atoms with van der Waals surface area (Å²) in [5, 5.41) is 11.1. The number of rotatable bonds is 7. The van der Waals surface area contributed by atoms with Crippen LogP contribution in [0.3, 0.4) is 0 Å². The molecule has 3 rings (SSSR count). The number of nitrogens with one attached hydrogen (secondary N) is 2. The highest BCUT2D eigenvalue weighted by Gasteiger charge is 2.08. The lowest BCUT2D eigenvalue weighted by atomic mass is 10.1. The van der Waals surface area contributed by atoms with Gasteiger partial charge in [-0.2, -0.15) is 0 Å². The molecule has 4 N–H and O–H groups in total. The first-order valence-electron chi connectivity index (χ1n) is 8.60. The van der Waals surface area contributed by atoms with Crippen LogP contribution >= 0.6 is 0 Å². The summed E-state index contributed by atoms with van der Waals surface area (Å²) in [6.07, 6.45) is 2.20. The first-order valence-corrected chi connectivity index (χ1v) is 10.1. The van der Waals surface area contributed by atoms with E-state index in [2.05, 4.69) is 15.6 Å². The summed E-state index contributed by atoms with van der Waals surface area (Å²) in [5.74, 6) is 0.428. The number of amides is 1. The monoisotopic (exact) mass is 396 g/mol. The van der Waals surface area contributed by atoms with E-state index in [0.717, 1.165) is 11.3 Å². The van der Waals surface area contributed by atoms with Crippen LogP contribution in [0.5, 0.6) is 0 Å². The van der Waals surface area contributed by atoms with Crippen molar-refractivity contribution in [2.45, 2.75) is 11.3 Å². The van der Waals surface area contributed by atoms with Gasteiger partial charge in [0.25, 0.3) is 5.91 Å². The molecule has 1 amide bonds. The number of benzene rings is 2. The van der Waals surface area contributed by atoms with Crippen LogP contribution in [0, 0.1) is 0 Å². The normalized spacial score (nSPS) is 11.0. The van der Waals surface area contributed by atoms with Gasteiger partial charge in [-0.25, -0.2) is 18.5 Å². The van der Waals surface area contributed by atoms with Crippen molar-refractivity contribution in [3.8, 4) is 0 Å². The molecule has 0 atom stereocenters. The second-order valence-corrected chi connectivity index (χ2v) is 7.68. The maximum Gasteiger partial charge on any atom is 0.257 e. The predicted molar refractivity (Wildman–Crippen MR) is 109 cm³/mol. The minimum Gasteiger partial charge on any atom is -0.370 e. The van der Waals surface area contributed by atoms with Gasteiger partial charge >= 0.3 is 0 Å². The van der Waals surface area contributed by atoms with E-state index in [1.807, 2.05) is 30.3 Å². The van der Waals surface area contributed by atoms with E-state index in [0.29, 0.717) is 24.3 Å². The molecule has 0 spiro atoms. The fourth-order valence-electron chi connectivity index (χ4n) is 2.54. The number of nitrogens with zero attached hydrogens (tertiary/aromatic N) is 1. The van der Waals surface area contributed by atoms with E-state index < -0.39 is 10.0 Å². The number of sulfonamides is 1. The van der Waals surface area contributed by atoms with Crippen LogP contribution in [0.25, 0.3) is 0 Å². The molecule has 0 aliphatic heterocycles. The lowest BCUT2D eigenvalue weighted by molar-refractivity contribution is 0.102. The fraction of sp³-hybridized carbons (Fsp3) is 0.100. The number of hydrogen-bond acceptors (Lipinski definition) is 5. The average Bonchev–Trinajstić information content (AvgIpc) is 2.69. The summed E-state index contributed by atoms with van der Waals surface area (Å²) >= 11 is 0. The van der Waals surface area contributed by atoms with Gasteiger partial charge in [-0.3, -0.25) is 4.79 Å². The molecule has 3 aromatic rings. The third kappa shape index (κ3) is 5.38. The van der Waals surface area contributed by atoms with Gasteiger partial charge in [0, 0.05) is 18.4 Å².